The second-order valence-electron chi connectivity index (χ2n) is 4.56. The Kier molecular flexibility index (Phi) is 6.10. The third-order valence-corrected chi connectivity index (χ3v) is 3.84. The molecule has 3 N–H and O–H groups in total. The van der Waals surface area contributed by atoms with Crippen molar-refractivity contribution in [2.45, 2.75) is 18.9 Å². The molecule has 0 spiro atoms. The number of benzene rings is 1. The van der Waals surface area contributed by atoms with E-state index in [-0.39, 0.29) is 24.4 Å². The van der Waals surface area contributed by atoms with Gasteiger partial charge in [0.1, 0.15) is 5.75 Å². The predicted octanol–water partition coefficient (Wildman–Crippen LogP) is 2.35. The van der Waals surface area contributed by atoms with Crippen LogP contribution in [0, 0.1) is 5.92 Å². The van der Waals surface area contributed by atoms with E-state index in [2.05, 4.69) is 21.2 Å². The van der Waals surface area contributed by atoms with Crippen LogP contribution in [-0.4, -0.2) is 25.6 Å². The molecule has 0 heterocycles. The first-order valence-corrected chi connectivity index (χ1v) is 6.78. The Hall–Kier alpha value is -0.780. The summed E-state index contributed by atoms with van der Waals surface area (Å²) in [4.78, 5) is 12.0. The highest BCUT2D eigenvalue weighted by Gasteiger charge is 2.28. The average molecular weight is 350 g/mol. The van der Waals surface area contributed by atoms with Crippen molar-refractivity contribution in [3.63, 3.8) is 0 Å². The molecule has 1 aliphatic rings. The molecule has 0 radical (unpaired) electrons. The van der Waals surface area contributed by atoms with E-state index in [0.29, 0.717) is 23.8 Å². The molecule has 4 nitrogen and oxygen atoms in total. The summed E-state index contributed by atoms with van der Waals surface area (Å²) in [6, 6.07) is 5.38. The Bertz CT molecular complexity index is 452. The number of carbonyl (C=O) groups excluding carboxylic acids is 1. The number of methoxy groups -OCH3 is 1. The summed E-state index contributed by atoms with van der Waals surface area (Å²) in [5.41, 5.74) is 6.52. The fourth-order valence-electron chi connectivity index (χ4n) is 1.80. The number of hydrogen-bond donors (Lipinski definition) is 2. The van der Waals surface area contributed by atoms with E-state index >= 15 is 0 Å². The lowest BCUT2D eigenvalue weighted by molar-refractivity contribution is 0.0949. The monoisotopic (exact) mass is 348 g/mol. The molecule has 0 saturated heterocycles. The van der Waals surface area contributed by atoms with Crippen molar-refractivity contribution in [3.8, 4) is 5.75 Å². The van der Waals surface area contributed by atoms with Crippen molar-refractivity contribution in [1.29, 1.82) is 0 Å². The number of carbonyl (C=O) groups is 1. The van der Waals surface area contributed by atoms with Crippen molar-refractivity contribution < 1.29 is 9.53 Å². The molecular weight excluding hydrogens is 332 g/mol. The van der Waals surface area contributed by atoms with Crippen molar-refractivity contribution >= 4 is 34.2 Å². The van der Waals surface area contributed by atoms with E-state index in [1.807, 2.05) is 0 Å². The van der Waals surface area contributed by atoms with Crippen LogP contribution in [0.1, 0.15) is 23.2 Å². The molecule has 0 aromatic heterocycles. The van der Waals surface area contributed by atoms with Crippen LogP contribution in [0.15, 0.2) is 22.7 Å². The van der Waals surface area contributed by atoms with Crippen LogP contribution in [0.2, 0.25) is 0 Å². The van der Waals surface area contributed by atoms with Gasteiger partial charge in [0, 0.05) is 17.1 Å². The molecular formula is C13H18BrClN2O2. The van der Waals surface area contributed by atoms with Crippen molar-refractivity contribution in [3.05, 3.63) is 28.2 Å². The van der Waals surface area contributed by atoms with E-state index in [1.54, 1.807) is 25.3 Å². The minimum Gasteiger partial charge on any atom is -0.497 e. The molecule has 1 aromatic rings. The average Bonchev–Trinajstić information content (AvgIpc) is 3.20. The third kappa shape index (κ3) is 4.37. The van der Waals surface area contributed by atoms with Gasteiger partial charge in [-0.15, -0.1) is 12.4 Å². The fourth-order valence-corrected chi connectivity index (χ4v) is 2.23. The number of nitrogens with two attached hydrogens (primary N) is 1. The smallest absolute Gasteiger partial charge is 0.252 e. The van der Waals surface area contributed by atoms with Gasteiger partial charge >= 0.3 is 0 Å². The number of nitrogens with one attached hydrogen (secondary N) is 1. The second kappa shape index (κ2) is 7.12. The molecule has 6 heteroatoms. The minimum atomic E-state index is -0.128. The zero-order chi connectivity index (χ0) is 13.1. The summed E-state index contributed by atoms with van der Waals surface area (Å²) in [6.45, 7) is 0.521. The molecule has 2 rings (SSSR count). The fraction of sp³-hybridized carbons (Fsp3) is 0.462. The van der Waals surface area contributed by atoms with Gasteiger partial charge in [-0.05, 0) is 52.9 Å². The van der Waals surface area contributed by atoms with E-state index in [0.717, 1.165) is 4.47 Å². The standard InChI is InChI=1S/C13H17BrN2O2.ClH/c1-18-9-4-5-11(14)10(6-9)13(17)16-7-12(15)8-2-3-8;/h4-6,8,12H,2-3,7,15H2,1H3,(H,16,17);1H. The second-order valence-corrected chi connectivity index (χ2v) is 5.41. The summed E-state index contributed by atoms with van der Waals surface area (Å²) < 4.78 is 5.86. The molecule has 1 aliphatic carbocycles. The lowest BCUT2D eigenvalue weighted by Crippen LogP contribution is -2.38. The molecule has 1 unspecified atom stereocenters. The molecule has 0 aliphatic heterocycles. The quantitative estimate of drug-likeness (QED) is 0.857. The molecule has 1 amide bonds. The maximum atomic E-state index is 12.0. The Labute approximate surface area is 127 Å². The third-order valence-electron chi connectivity index (χ3n) is 3.14. The van der Waals surface area contributed by atoms with Crippen LogP contribution in [0.3, 0.4) is 0 Å². The van der Waals surface area contributed by atoms with Crippen molar-refractivity contribution in [2.24, 2.45) is 11.7 Å². The predicted molar refractivity (Wildman–Crippen MR) is 81.0 cm³/mol. The van der Waals surface area contributed by atoms with Gasteiger partial charge in [-0.1, -0.05) is 0 Å². The van der Waals surface area contributed by atoms with Crippen LogP contribution >= 0.6 is 28.3 Å². The van der Waals surface area contributed by atoms with Crippen LogP contribution in [0.25, 0.3) is 0 Å². The van der Waals surface area contributed by atoms with Crippen LogP contribution < -0.4 is 15.8 Å². The summed E-state index contributed by atoms with van der Waals surface area (Å²) in [5, 5.41) is 2.86. The van der Waals surface area contributed by atoms with Gasteiger partial charge in [-0.25, -0.2) is 0 Å². The minimum absolute atomic E-state index is 0. The highest BCUT2D eigenvalue weighted by Crippen LogP contribution is 2.31. The van der Waals surface area contributed by atoms with Gasteiger partial charge in [0.15, 0.2) is 0 Å². The SMILES string of the molecule is COc1ccc(Br)c(C(=O)NCC(N)C2CC2)c1.Cl. The van der Waals surface area contributed by atoms with E-state index < -0.39 is 0 Å². The lowest BCUT2D eigenvalue weighted by atomic mass is 10.1. The first kappa shape index (κ1) is 16.3. The molecule has 0 bridgehead atoms. The van der Waals surface area contributed by atoms with E-state index in [1.165, 1.54) is 12.8 Å². The summed E-state index contributed by atoms with van der Waals surface area (Å²) >= 11 is 3.36. The Morgan fingerprint density at radius 2 is 2.26 bits per heavy atom. The van der Waals surface area contributed by atoms with Crippen LogP contribution in [0.4, 0.5) is 0 Å². The van der Waals surface area contributed by atoms with Crippen molar-refractivity contribution in [1.82, 2.24) is 5.32 Å². The maximum Gasteiger partial charge on any atom is 0.252 e. The highest BCUT2D eigenvalue weighted by molar-refractivity contribution is 9.10. The van der Waals surface area contributed by atoms with E-state index in [4.69, 9.17) is 10.5 Å². The molecule has 19 heavy (non-hydrogen) atoms. The van der Waals surface area contributed by atoms with Gasteiger partial charge in [0.2, 0.25) is 0 Å². The normalized spacial score (nSPS) is 15.3. The van der Waals surface area contributed by atoms with Gasteiger partial charge in [0.05, 0.1) is 12.7 Å². The molecule has 1 atom stereocenters. The number of hydrogen-bond acceptors (Lipinski definition) is 3. The Morgan fingerprint density at radius 3 is 2.84 bits per heavy atom. The summed E-state index contributed by atoms with van der Waals surface area (Å²) in [7, 11) is 1.58. The molecule has 1 saturated carbocycles. The number of rotatable bonds is 5. The Morgan fingerprint density at radius 1 is 1.58 bits per heavy atom. The largest absolute Gasteiger partial charge is 0.497 e. The highest BCUT2D eigenvalue weighted by atomic mass is 79.9. The first-order chi connectivity index (χ1) is 8.61. The van der Waals surface area contributed by atoms with Crippen LogP contribution in [0.5, 0.6) is 5.75 Å². The van der Waals surface area contributed by atoms with E-state index in [9.17, 15) is 4.79 Å². The zero-order valence-corrected chi connectivity index (χ0v) is 13.1. The topological polar surface area (TPSA) is 64.3 Å². The van der Waals surface area contributed by atoms with Gasteiger partial charge < -0.3 is 15.8 Å². The van der Waals surface area contributed by atoms with Crippen molar-refractivity contribution in [2.75, 3.05) is 13.7 Å². The maximum absolute atomic E-state index is 12.0. The zero-order valence-electron chi connectivity index (χ0n) is 10.7. The van der Waals surface area contributed by atoms with Gasteiger partial charge in [-0.2, -0.15) is 0 Å². The van der Waals surface area contributed by atoms with Gasteiger partial charge in [-0.3, -0.25) is 4.79 Å². The molecule has 1 fully saturated rings. The number of amides is 1. The lowest BCUT2D eigenvalue weighted by Gasteiger charge is -2.12. The number of ether oxygens (including phenoxy) is 1. The first-order valence-electron chi connectivity index (χ1n) is 5.99. The summed E-state index contributed by atoms with van der Waals surface area (Å²) in [5.74, 6) is 1.12. The molecule has 106 valence electrons. The molecule has 1 aromatic carbocycles. The Balaban J connectivity index is 0.00000180. The van der Waals surface area contributed by atoms with Gasteiger partial charge in [0.25, 0.3) is 5.91 Å². The number of halogens is 2. The summed E-state index contributed by atoms with van der Waals surface area (Å²) in [6.07, 6.45) is 2.36. The van der Waals surface area contributed by atoms with Crippen LogP contribution in [-0.2, 0) is 0 Å².